The van der Waals surface area contributed by atoms with Gasteiger partial charge in [-0.15, -0.1) is 0 Å². The first-order valence-electron chi connectivity index (χ1n) is 6.66. The largest absolute Gasteiger partial charge is 0.446 e. The van der Waals surface area contributed by atoms with Gasteiger partial charge in [0.1, 0.15) is 6.10 Å². The first-order valence-corrected chi connectivity index (χ1v) is 6.66. The van der Waals surface area contributed by atoms with Gasteiger partial charge in [-0.1, -0.05) is 0 Å². The molecule has 0 unspecified atom stereocenters. The van der Waals surface area contributed by atoms with E-state index in [9.17, 15) is 4.79 Å². The van der Waals surface area contributed by atoms with Gasteiger partial charge in [-0.2, -0.15) is 0 Å². The van der Waals surface area contributed by atoms with Crippen molar-refractivity contribution >= 4 is 6.09 Å². The fraction of sp³-hybridized carbons (Fsp3) is 0.923. The van der Waals surface area contributed by atoms with Crippen LogP contribution in [0.4, 0.5) is 4.79 Å². The molecule has 1 saturated heterocycles. The molecule has 0 aromatic carbocycles. The van der Waals surface area contributed by atoms with Crippen molar-refractivity contribution in [3.8, 4) is 0 Å². The zero-order valence-electron chi connectivity index (χ0n) is 11.2. The lowest BCUT2D eigenvalue weighted by Crippen LogP contribution is -2.59. The molecule has 0 radical (unpaired) electrons. The molecule has 0 N–H and O–H groups in total. The predicted octanol–water partition coefficient (Wildman–Crippen LogP) is 2.09. The minimum absolute atomic E-state index is 0.0486. The number of likely N-dealkylation sites (N-methyl/N-ethyl adjacent to an activating group) is 1. The highest BCUT2D eigenvalue weighted by molar-refractivity contribution is 5.68. The molecule has 2 rings (SSSR count). The van der Waals surface area contributed by atoms with Gasteiger partial charge in [0.05, 0.1) is 0 Å². The molecule has 98 valence electrons. The Morgan fingerprint density at radius 1 is 1.24 bits per heavy atom. The Balaban J connectivity index is 1.87. The summed E-state index contributed by atoms with van der Waals surface area (Å²) in [5, 5.41) is 0. The van der Waals surface area contributed by atoms with Crippen LogP contribution in [0.2, 0.25) is 0 Å². The first kappa shape index (κ1) is 12.7. The fourth-order valence-corrected chi connectivity index (χ4v) is 2.62. The second-order valence-electron chi connectivity index (χ2n) is 5.95. The van der Waals surface area contributed by atoms with Gasteiger partial charge in [0.25, 0.3) is 0 Å². The van der Waals surface area contributed by atoms with Crippen LogP contribution in [0.25, 0.3) is 0 Å². The van der Waals surface area contributed by atoms with Crippen LogP contribution in [0, 0.1) is 0 Å². The van der Waals surface area contributed by atoms with E-state index in [2.05, 4.69) is 25.8 Å². The highest BCUT2D eigenvalue weighted by Crippen LogP contribution is 2.24. The maximum atomic E-state index is 12.0. The molecule has 1 aliphatic heterocycles. The van der Waals surface area contributed by atoms with Crippen LogP contribution < -0.4 is 0 Å². The van der Waals surface area contributed by atoms with Crippen molar-refractivity contribution < 1.29 is 9.53 Å². The van der Waals surface area contributed by atoms with E-state index < -0.39 is 0 Å². The van der Waals surface area contributed by atoms with Gasteiger partial charge in [0.15, 0.2) is 0 Å². The van der Waals surface area contributed by atoms with Gasteiger partial charge in [0, 0.05) is 25.2 Å². The van der Waals surface area contributed by atoms with Crippen LogP contribution in [0.3, 0.4) is 0 Å². The van der Waals surface area contributed by atoms with E-state index in [4.69, 9.17) is 4.74 Å². The Labute approximate surface area is 104 Å². The van der Waals surface area contributed by atoms with Crippen molar-refractivity contribution in [1.29, 1.82) is 0 Å². The average Bonchev–Trinajstić information content (AvgIpc) is 2.74. The molecule has 0 atom stereocenters. The zero-order valence-corrected chi connectivity index (χ0v) is 11.2. The lowest BCUT2D eigenvalue weighted by Gasteiger charge is -2.44. The van der Waals surface area contributed by atoms with Gasteiger partial charge >= 0.3 is 6.09 Å². The van der Waals surface area contributed by atoms with E-state index in [1.54, 1.807) is 0 Å². The van der Waals surface area contributed by atoms with Crippen LogP contribution in [-0.2, 0) is 4.74 Å². The molecule has 1 saturated carbocycles. The molecule has 1 heterocycles. The molecule has 0 aromatic rings. The predicted molar refractivity (Wildman–Crippen MR) is 67.0 cm³/mol. The molecule has 0 bridgehead atoms. The van der Waals surface area contributed by atoms with E-state index in [-0.39, 0.29) is 17.7 Å². The number of rotatable bonds is 1. The summed E-state index contributed by atoms with van der Waals surface area (Å²) < 4.78 is 5.55. The number of carbonyl (C=O) groups is 1. The van der Waals surface area contributed by atoms with Gasteiger partial charge in [-0.25, -0.2) is 4.79 Å². The molecule has 0 aromatic heterocycles. The van der Waals surface area contributed by atoms with E-state index in [1.165, 1.54) is 12.8 Å². The van der Waals surface area contributed by atoms with Gasteiger partial charge in [-0.05, 0) is 46.6 Å². The first-order chi connectivity index (χ1) is 7.99. The summed E-state index contributed by atoms with van der Waals surface area (Å²) in [6.07, 6.45) is 4.55. The third-order valence-electron chi connectivity index (χ3n) is 4.14. The normalized spacial score (nSPS) is 26.2. The second kappa shape index (κ2) is 4.84. The van der Waals surface area contributed by atoms with Crippen LogP contribution in [0.15, 0.2) is 0 Å². The molecular formula is C13H24N2O2. The number of hydrogen-bond acceptors (Lipinski definition) is 3. The molecule has 4 nitrogen and oxygen atoms in total. The van der Waals surface area contributed by atoms with Crippen molar-refractivity contribution in [2.45, 2.75) is 51.2 Å². The minimum atomic E-state index is -0.113. The number of piperazine rings is 1. The van der Waals surface area contributed by atoms with E-state index in [1.807, 2.05) is 4.90 Å². The quantitative estimate of drug-likeness (QED) is 0.703. The summed E-state index contributed by atoms with van der Waals surface area (Å²) in [5.41, 5.74) is 0.0486. The standard InChI is InChI=1S/C13H24N2O2/c1-13(2)10-15(9-8-14(13)3)12(16)17-11-6-4-5-7-11/h11H,4-10H2,1-3H3. The molecule has 2 fully saturated rings. The smallest absolute Gasteiger partial charge is 0.410 e. The molecule has 0 spiro atoms. The van der Waals surface area contributed by atoms with Gasteiger partial charge in [-0.3, -0.25) is 4.90 Å². The van der Waals surface area contributed by atoms with Crippen molar-refractivity contribution in [2.75, 3.05) is 26.7 Å². The average molecular weight is 240 g/mol. The van der Waals surface area contributed by atoms with Crippen molar-refractivity contribution in [3.63, 3.8) is 0 Å². The lowest BCUT2D eigenvalue weighted by molar-refractivity contribution is 0.0136. The topological polar surface area (TPSA) is 32.8 Å². The van der Waals surface area contributed by atoms with E-state index in [0.29, 0.717) is 0 Å². The summed E-state index contributed by atoms with van der Waals surface area (Å²) in [6.45, 7) is 6.80. The summed E-state index contributed by atoms with van der Waals surface area (Å²) >= 11 is 0. The van der Waals surface area contributed by atoms with E-state index in [0.717, 1.165) is 32.5 Å². The molecule has 4 heteroatoms. The molecule has 17 heavy (non-hydrogen) atoms. The van der Waals surface area contributed by atoms with Crippen LogP contribution in [0.5, 0.6) is 0 Å². The van der Waals surface area contributed by atoms with Crippen LogP contribution in [-0.4, -0.2) is 54.2 Å². The third kappa shape index (κ3) is 2.92. The monoisotopic (exact) mass is 240 g/mol. The Morgan fingerprint density at radius 2 is 1.88 bits per heavy atom. The summed E-state index contributed by atoms with van der Waals surface area (Å²) in [7, 11) is 2.11. The van der Waals surface area contributed by atoms with Gasteiger partial charge < -0.3 is 9.64 Å². The molecular weight excluding hydrogens is 216 g/mol. The van der Waals surface area contributed by atoms with Crippen molar-refractivity contribution in [2.24, 2.45) is 0 Å². The number of hydrogen-bond donors (Lipinski definition) is 0. The Morgan fingerprint density at radius 3 is 2.47 bits per heavy atom. The summed E-state index contributed by atoms with van der Waals surface area (Å²) in [5.74, 6) is 0. The highest BCUT2D eigenvalue weighted by atomic mass is 16.6. The molecule has 1 aliphatic carbocycles. The zero-order chi connectivity index (χ0) is 12.5. The maximum absolute atomic E-state index is 12.0. The minimum Gasteiger partial charge on any atom is -0.446 e. The van der Waals surface area contributed by atoms with Crippen molar-refractivity contribution in [3.05, 3.63) is 0 Å². The third-order valence-corrected chi connectivity index (χ3v) is 4.14. The Kier molecular flexibility index (Phi) is 3.61. The highest BCUT2D eigenvalue weighted by Gasteiger charge is 2.34. The number of carbonyl (C=O) groups excluding carboxylic acids is 1. The van der Waals surface area contributed by atoms with E-state index >= 15 is 0 Å². The van der Waals surface area contributed by atoms with Crippen LogP contribution in [0.1, 0.15) is 39.5 Å². The number of amides is 1. The fourth-order valence-electron chi connectivity index (χ4n) is 2.62. The Hall–Kier alpha value is -0.770. The van der Waals surface area contributed by atoms with Crippen molar-refractivity contribution in [1.82, 2.24) is 9.80 Å². The molecule has 1 amide bonds. The lowest BCUT2D eigenvalue weighted by atomic mass is 10.0. The number of nitrogens with zero attached hydrogens (tertiary/aromatic N) is 2. The van der Waals surface area contributed by atoms with Crippen LogP contribution >= 0.6 is 0 Å². The Bertz CT molecular complexity index is 285. The summed E-state index contributed by atoms with van der Waals surface area (Å²) in [6, 6.07) is 0. The maximum Gasteiger partial charge on any atom is 0.410 e. The van der Waals surface area contributed by atoms with Gasteiger partial charge in [0.2, 0.25) is 0 Å². The summed E-state index contributed by atoms with van der Waals surface area (Å²) in [4.78, 5) is 16.2. The number of ether oxygens (including phenoxy) is 1. The molecule has 2 aliphatic rings. The SMILES string of the molecule is CN1CCN(C(=O)OC2CCCC2)CC1(C)C. The second-order valence-corrected chi connectivity index (χ2v) is 5.95.